The van der Waals surface area contributed by atoms with Gasteiger partial charge in [-0.3, -0.25) is 9.67 Å². The first kappa shape index (κ1) is 11.6. The Hall–Kier alpha value is -1.88. The van der Waals surface area contributed by atoms with E-state index in [1.807, 2.05) is 38.6 Å². The van der Waals surface area contributed by atoms with E-state index in [-0.39, 0.29) is 6.04 Å². The van der Waals surface area contributed by atoms with Crippen molar-refractivity contribution in [2.75, 3.05) is 12.8 Å². The van der Waals surface area contributed by atoms with Crippen LogP contribution in [0.15, 0.2) is 30.7 Å². The molecule has 90 valence electrons. The van der Waals surface area contributed by atoms with E-state index in [1.165, 1.54) is 0 Å². The Bertz CT molecular complexity index is 491. The minimum atomic E-state index is 0.155. The van der Waals surface area contributed by atoms with Crippen LogP contribution in [0.3, 0.4) is 0 Å². The Balaban J connectivity index is 2.18. The predicted octanol–water partition coefficient (Wildman–Crippen LogP) is 0.900. The van der Waals surface area contributed by atoms with Crippen LogP contribution >= 0.6 is 0 Å². The third-order valence-electron chi connectivity index (χ3n) is 2.81. The predicted molar refractivity (Wildman–Crippen MR) is 67.4 cm³/mol. The first-order valence-corrected chi connectivity index (χ1v) is 5.56. The topological polar surface area (TPSA) is 68.8 Å². The molecule has 0 spiro atoms. The number of aromatic nitrogens is 3. The second-order valence-electron chi connectivity index (χ2n) is 4.03. The number of anilines is 1. The second kappa shape index (κ2) is 4.97. The van der Waals surface area contributed by atoms with Crippen molar-refractivity contribution in [3.05, 3.63) is 42.0 Å². The molecule has 5 heteroatoms. The molecule has 3 N–H and O–H groups in total. The van der Waals surface area contributed by atoms with Crippen LogP contribution in [0, 0.1) is 0 Å². The van der Waals surface area contributed by atoms with Crippen molar-refractivity contribution in [1.82, 2.24) is 20.1 Å². The molecular formula is C12H17N5. The fourth-order valence-corrected chi connectivity index (χ4v) is 1.80. The highest BCUT2D eigenvalue weighted by molar-refractivity contribution is 5.44. The summed E-state index contributed by atoms with van der Waals surface area (Å²) in [6, 6.07) is 3.98. The molecule has 0 aliphatic carbocycles. The van der Waals surface area contributed by atoms with Gasteiger partial charge in [0.15, 0.2) is 0 Å². The lowest BCUT2D eigenvalue weighted by atomic mass is 10.0. The molecule has 17 heavy (non-hydrogen) atoms. The molecule has 0 amide bonds. The van der Waals surface area contributed by atoms with Crippen molar-refractivity contribution in [3.8, 4) is 0 Å². The molecule has 0 bridgehead atoms. The fourth-order valence-electron chi connectivity index (χ4n) is 1.80. The summed E-state index contributed by atoms with van der Waals surface area (Å²) in [7, 11) is 3.83. The molecule has 1 unspecified atom stereocenters. The van der Waals surface area contributed by atoms with Crippen LogP contribution in [0.4, 0.5) is 5.69 Å². The van der Waals surface area contributed by atoms with Crippen LogP contribution < -0.4 is 11.1 Å². The number of rotatable bonds is 4. The molecule has 1 atom stereocenters. The van der Waals surface area contributed by atoms with Gasteiger partial charge in [-0.25, -0.2) is 0 Å². The van der Waals surface area contributed by atoms with Crippen molar-refractivity contribution in [2.24, 2.45) is 7.05 Å². The SMILES string of the molecule is CNC(Cc1cnccc1N)c1ccn(C)n1. The summed E-state index contributed by atoms with van der Waals surface area (Å²) >= 11 is 0. The summed E-state index contributed by atoms with van der Waals surface area (Å²) in [6.07, 6.45) is 6.23. The van der Waals surface area contributed by atoms with E-state index in [0.29, 0.717) is 0 Å². The highest BCUT2D eigenvalue weighted by Gasteiger charge is 2.14. The van der Waals surface area contributed by atoms with Crippen molar-refractivity contribution in [1.29, 1.82) is 0 Å². The Labute approximate surface area is 101 Å². The van der Waals surface area contributed by atoms with Gasteiger partial charge in [0.05, 0.1) is 11.7 Å². The Morgan fingerprint density at radius 1 is 1.47 bits per heavy atom. The molecule has 0 saturated heterocycles. The molecule has 0 saturated carbocycles. The highest BCUT2D eigenvalue weighted by Crippen LogP contribution is 2.19. The molecule has 0 fully saturated rings. The maximum absolute atomic E-state index is 5.91. The van der Waals surface area contributed by atoms with E-state index in [1.54, 1.807) is 10.9 Å². The molecule has 0 aliphatic heterocycles. The fraction of sp³-hybridized carbons (Fsp3) is 0.333. The molecule has 0 aromatic carbocycles. The summed E-state index contributed by atoms with van der Waals surface area (Å²) < 4.78 is 1.80. The molecule has 2 aromatic heterocycles. The smallest absolute Gasteiger partial charge is 0.0797 e. The van der Waals surface area contributed by atoms with Gasteiger partial charge in [-0.15, -0.1) is 0 Å². The first-order valence-electron chi connectivity index (χ1n) is 5.56. The van der Waals surface area contributed by atoms with Crippen molar-refractivity contribution in [3.63, 3.8) is 0 Å². The van der Waals surface area contributed by atoms with Gasteiger partial charge in [-0.2, -0.15) is 5.10 Å². The van der Waals surface area contributed by atoms with Gasteiger partial charge in [-0.1, -0.05) is 0 Å². The van der Waals surface area contributed by atoms with E-state index in [9.17, 15) is 0 Å². The minimum absolute atomic E-state index is 0.155. The van der Waals surface area contributed by atoms with Gasteiger partial charge in [-0.05, 0) is 31.2 Å². The number of aryl methyl sites for hydroxylation is 1. The number of nitrogens with zero attached hydrogens (tertiary/aromatic N) is 3. The average Bonchev–Trinajstić information content (AvgIpc) is 2.75. The van der Waals surface area contributed by atoms with Gasteiger partial charge in [0.25, 0.3) is 0 Å². The molecule has 2 rings (SSSR count). The second-order valence-corrected chi connectivity index (χ2v) is 4.03. The Morgan fingerprint density at radius 3 is 2.88 bits per heavy atom. The summed E-state index contributed by atoms with van der Waals surface area (Å²) in [4.78, 5) is 4.10. The first-order chi connectivity index (χ1) is 8.20. The van der Waals surface area contributed by atoms with Crippen LogP contribution in [0.2, 0.25) is 0 Å². The van der Waals surface area contributed by atoms with E-state index in [0.717, 1.165) is 23.4 Å². The van der Waals surface area contributed by atoms with Gasteiger partial charge >= 0.3 is 0 Å². The number of nitrogens with one attached hydrogen (secondary N) is 1. The van der Waals surface area contributed by atoms with Crippen molar-refractivity contribution < 1.29 is 0 Å². The standard InChI is InChI=1S/C12H17N5/c1-14-12(11-4-6-17(2)16-11)7-9-8-15-5-3-10(9)13/h3-6,8,12,14H,7H2,1-2H3,(H2,13,15). The highest BCUT2D eigenvalue weighted by atomic mass is 15.3. The normalized spacial score (nSPS) is 12.6. The van der Waals surface area contributed by atoms with E-state index >= 15 is 0 Å². The number of nitrogens with two attached hydrogens (primary N) is 1. The molecule has 5 nitrogen and oxygen atoms in total. The molecule has 2 heterocycles. The maximum atomic E-state index is 5.91. The Morgan fingerprint density at radius 2 is 2.29 bits per heavy atom. The number of hydrogen-bond acceptors (Lipinski definition) is 4. The van der Waals surface area contributed by atoms with Gasteiger partial charge in [0.2, 0.25) is 0 Å². The number of nitrogen functional groups attached to an aromatic ring is 1. The van der Waals surface area contributed by atoms with Crippen LogP contribution in [0.5, 0.6) is 0 Å². The minimum Gasteiger partial charge on any atom is -0.398 e. The lowest BCUT2D eigenvalue weighted by molar-refractivity contribution is 0.563. The quantitative estimate of drug-likeness (QED) is 0.820. The number of hydrogen-bond donors (Lipinski definition) is 2. The van der Waals surface area contributed by atoms with E-state index in [4.69, 9.17) is 5.73 Å². The average molecular weight is 231 g/mol. The molecule has 0 aliphatic rings. The van der Waals surface area contributed by atoms with Gasteiger partial charge in [0.1, 0.15) is 0 Å². The zero-order chi connectivity index (χ0) is 12.3. The number of pyridine rings is 1. The lowest BCUT2D eigenvalue weighted by Crippen LogP contribution is -2.20. The summed E-state index contributed by atoms with van der Waals surface area (Å²) in [5.41, 5.74) is 8.74. The van der Waals surface area contributed by atoms with Crippen LogP contribution in [0.25, 0.3) is 0 Å². The van der Waals surface area contributed by atoms with Crippen molar-refractivity contribution >= 4 is 5.69 Å². The van der Waals surface area contributed by atoms with Gasteiger partial charge in [0, 0.05) is 31.3 Å². The lowest BCUT2D eigenvalue weighted by Gasteiger charge is -2.14. The maximum Gasteiger partial charge on any atom is 0.0797 e. The number of likely N-dealkylation sites (N-methyl/N-ethyl adjacent to an activating group) is 1. The monoisotopic (exact) mass is 231 g/mol. The van der Waals surface area contributed by atoms with Crippen molar-refractivity contribution in [2.45, 2.75) is 12.5 Å². The Kier molecular flexibility index (Phi) is 3.39. The van der Waals surface area contributed by atoms with Crippen LogP contribution in [-0.4, -0.2) is 21.8 Å². The van der Waals surface area contributed by atoms with Crippen LogP contribution in [0.1, 0.15) is 17.3 Å². The van der Waals surface area contributed by atoms with Gasteiger partial charge < -0.3 is 11.1 Å². The largest absolute Gasteiger partial charge is 0.398 e. The zero-order valence-electron chi connectivity index (χ0n) is 10.1. The van der Waals surface area contributed by atoms with E-state index in [2.05, 4.69) is 15.4 Å². The summed E-state index contributed by atoms with van der Waals surface area (Å²) in [5, 5.41) is 7.65. The third kappa shape index (κ3) is 2.62. The molecule has 2 aromatic rings. The molecular weight excluding hydrogens is 214 g/mol. The third-order valence-corrected chi connectivity index (χ3v) is 2.81. The summed E-state index contributed by atoms with van der Waals surface area (Å²) in [5.74, 6) is 0. The zero-order valence-corrected chi connectivity index (χ0v) is 10.1. The molecule has 0 radical (unpaired) electrons. The van der Waals surface area contributed by atoms with E-state index < -0.39 is 0 Å². The summed E-state index contributed by atoms with van der Waals surface area (Å²) in [6.45, 7) is 0. The van der Waals surface area contributed by atoms with Crippen LogP contribution in [-0.2, 0) is 13.5 Å².